The van der Waals surface area contributed by atoms with Gasteiger partial charge in [-0.15, -0.1) is 0 Å². The van der Waals surface area contributed by atoms with Gasteiger partial charge >= 0.3 is 11.9 Å². The van der Waals surface area contributed by atoms with Gasteiger partial charge in [0.25, 0.3) is 0 Å². The molecule has 0 saturated heterocycles. The number of carbonyl (C=O) groups is 2. The molecule has 1 aromatic heterocycles. The number of benzene rings is 3. The van der Waals surface area contributed by atoms with Gasteiger partial charge in [-0.05, 0) is 49.2 Å². The summed E-state index contributed by atoms with van der Waals surface area (Å²) in [5.74, 6) is -1.09. The van der Waals surface area contributed by atoms with Crippen LogP contribution in [0.5, 0.6) is 5.75 Å². The molecule has 0 aliphatic rings. The standard InChI is InChI=1S/C24H19NO4.BrH/c1-14-12-16(23(26)27)13-15(2)22(14)29-24(28)21-17-8-4-6-10-19(17)25(3)20-11-7-5-9-18(20)21;/h4-13H,1-3H3;1H. The Morgan fingerprint density at radius 1 is 0.867 bits per heavy atom. The highest BCUT2D eigenvalue weighted by molar-refractivity contribution is 6.13. The molecule has 0 radical (unpaired) electrons. The lowest BCUT2D eigenvalue weighted by atomic mass is 10.0. The maximum atomic E-state index is 13.3. The minimum Gasteiger partial charge on any atom is -1.00 e. The average Bonchev–Trinajstić information content (AvgIpc) is 2.71. The van der Waals surface area contributed by atoms with E-state index in [1.54, 1.807) is 13.8 Å². The normalized spacial score (nSPS) is 10.6. The van der Waals surface area contributed by atoms with Crippen LogP contribution >= 0.6 is 0 Å². The van der Waals surface area contributed by atoms with E-state index >= 15 is 0 Å². The first-order valence-electron chi connectivity index (χ1n) is 9.24. The van der Waals surface area contributed by atoms with Gasteiger partial charge in [0, 0.05) is 12.1 Å². The molecule has 1 N–H and O–H groups in total. The predicted molar refractivity (Wildman–Crippen MR) is 110 cm³/mol. The molecular weight excluding hydrogens is 446 g/mol. The average molecular weight is 466 g/mol. The minimum absolute atomic E-state index is 0. The number of halogens is 1. The van der Waals surface area contributed by atoms with E-state index in [1.165, 1.54) is 12.1 Å². The Morgan fingerprint density at radius 2 is 1.33 bits per heavy atom. The summed E-state index contributed by atoms with van der Waals surface area (Å²) in [6.45, 7) is 3.48. The molecule has 0 fully saturated rings. The van der Waals surface area contributed by atoms with Crippen molar-refractivity contribution in [3.63, 3.8) is 0 Å². The third-order valence-electron chi connectivity index (χ3n) is 5.18. The lowest BCUT2D eigenvalue weighted by Gasteiger charge is -2.13. The lowest BCUT2D eigenvalue weighted by Crippen LogP contribution is -3.00. The summed E-state index contributed by atoms with van der Waals surface area (Å²) in [4.78, 5) is 24.6. The number of carboxylic acids is 1. The van der Waals surface area contributed by atoms with Crippen molar-refractivity contribution in [3.05, 3.63) is 82.9 Å². The van der Waals surface area contributed by atoms with Crippen molar-refractivity contribution in [2.45, 2.75) is 13.8 Å². The quantitative estimate of drug-likeness (QED) is 0.214. The number of esters is 1. The Morgan fingerprint density at radius 3 is 1.80 bits per heavy atom. The second kappa shape index (κ2) is 8.24. The monoisotopic (exact) mass is 465 g/mol. The predicted octanol–water partition coefficient (Wildman–Crippen LogP) is 1.36. The van der Waals surface area contributed by atoms with Crippen LogP contribution < -0.4 is 26.3 Å². The fourth-order valence-corrected chi connectivity index (χ4v) is 3.83. The van der Waals surface area contributed by atoms with E-state index in [9.17, 15) is 14.7 Å². The Bertz CT molecular complexity index is 1230. The molecule has 152 valence electrons. The Kier molecular flexibility index (Phi) is 5.89. The van der Waals surface area contributed by atoms with Crippen LogP contribution in [-0.4, -0.2) is 17.0 Å². The summed E-state index contributed by atoms with van der Waals surface area (Å²) in [6.07, 6.45) is 0. The Labute approximate surface area is 184 Å². The molecule has 0 saturated carbocycles. The van der Waals surface area contributed by atoms with Crippen molar-refractivity contribution in [2.75, 3.05) is 0 Å². The van der Waals surface area contributed by atoms with Gasteiger partial charge in [-0.3, -0.25) is 0 Å². The molecule has 0 bridgehead atoms. The number of carboxylic acid groups (broad SMARTS) is 1. The van der Waals surface area contributed by atoms with Crippen LogP contribution in [-0.2, 0) is 7.05 Å². The first kappa shape index (κ1) is 21.5. The van der Waals surface area contributed by atoms with Gasteiger partial charge in [0.05, 0.1) is 21.9 Å². The molecule has 30 heavy (non-hydrogen) atoms. The molecule has 0 aliphatic heterocycles. The number of fused-ring (bicyclic) bond motifs is 2. The Hall–Kier alpha value is -3.25. The fourth-order valence-electron chi connectivity index (χ4n) is 3.83. The number of ether oxygens (including phenoxy) is 1. The molecule has 0 unspecified atom stereocenters. The maximum absolute atomic E-state index is 13.3. The molecule has 3 aromatic carbocycles. The minimum atomic E-state index is -1.01. The zero-order valence-corrected chi connectivity index (χ0v) is 18.4. The van der Waals surface area contributed by atoms with E-state index in [-0.39, 0.29) is 22.5 Å². The molecule has 1 heterocycles. The number of pyridine rings is 1. The molecule has 0 amide bonds. The van der Waals surface area contributed by atoms with E-state index in [4.69, 9.17) is 4.74 Å². The van der Waals surface area contributed by atoms with E-state index in [1.807, 2.05) is 55.6 Å². The van der Waals surface area contributed by atoms with Crippen LogP contribution in [0, 0.1) is 13.8 Å². The van der Waals surface area contributed by atoms with E-state index < -0.39 is 11.9 Å². The smallest absolute Gasteiger partial charge is 0.345 e. The highest BCUT2D eigenvalue weighted by Gasteiger charge is 2.24. The highest BCUT2D eigenvalue weighted by Crippen LogP contribution is 2.29. The van der Waals surface area contributed by atoms with Gasteiger partial charge in [0.15, 0.2) is 0 Å². The third kappa shape index (κ3) is 3.55. The van der Waals surface area contributed by atoms with Gasteiger partial charge in [0.1, 0.15) is 12.8 Å². The van der Waals surface area contributed by atoms with Gasteiger partial charge in [-0.2, -0.15) is 4.57 Å². The van der Waals surface area contributed by atoms with Crippen LogP contribution in [0.2, 0.25) is 0 Å². The van der Waals surface area contributed by atoms with E-state index in [0.717, 1.165) is 21.8 Å². The summed E-state index contributed by atoms with van der Waals surface area (Å²) < 4.78 is 7.87. The van der Waals surface area contributed by atoms with Crippen molar-refractivity contribution < 1.29 is 41.0 Å². The number of hydrogen-bond donors (Lipinski definition) is 1. The fraction of sp³-hybridized carbons (Fsp3) is 0.125. The molecule has 4 aromatic rings. The molecule has 4 rings (SSSR count). The van der Waals surface area contributed by atoms with Gasteiger partial charge in [0.2, 0.25) is 11.0 Å². The molecular formula is C24H20BrNO4. The first-order valence-corrected chi connectivity index (χ1v) is 9.24. The number of para-hydroxylation sites is 2. The Balaban J connectivity index is 0.00000256. The summed E-state index contributed by atoms with van der Waals surface area (Å²) in [5, 5.41) is 10.8. The number of nitrogens with zero attached hydrogens (tertiary/aromatic N) is 1. The SMILES string of the molecule is Cc1cc(C(=O)O)cc(C)c1OC(=O)c1c2ccccc2[n+](C)c2ccccc12.[Br-]. The third-order valence-corrected chi connectivity index (χ3v) is 5.18. The van der Waals surface area contributed by atoms with Crippen molar-refractivity contribution in [2.24, 2.45) is 7.05 Å². The van der Waals surface area contributed by atoms with Crippen LogP contribution in [0.1, 0.15) is 31.8 Å². The topological polar surface area (TPSA) is 67.5 Å². The van der Waals surface area contributed by atoms with E-state index in [0.29, 0.717) is 22.4 Å². The van der Waals surface area contributed by atoms with Crippen molar-refractivity contribution in [1.29, 1.82) is 0 Å². The van der Waals surface area contributed by atoms with Crippen molar-refractivity contribution in [3.8, 4) is 5.75 Å². The zero-order chi connectivity index (χ0) is 20.7. The molecule has 6 heteroatoms. The van der Waals surface area contributed by atoms with E-state index in [2.05, 4.69) is 4.57 Å². The van der Waals surface area contributed by atoms with Gasteiger partial charge in [-0.1, -0.05) is 24.3 Å². The van der Waals surface area contributed by atoms with Crippen molar-refractivity contribution in [1.82, 2.24) is 0 Å². The number of carbonyl (C=O) groups excluding carboxylic acids is 1. The second-order valence-electron chi connectivity index (χ2n) is 7.10. The van der Waals surface area contributed by atoms with Crippen molar-refractivity contribution >= 4 is 33.7 Å². The number of aromatic carboxylic acids is 1. The molecule has 0 spiro atoms. The second-order valence-corrected chi connectivity index (χ2v) is 7.10. The molecule has 5 nitrogen and oxygen atoms in total. The van der Waals surface area contributed by atoms with Crippen LogP contribution in [0.3, 0.4) is 0 Å². The lowest BCUT2D eigenvalue weighted by molar-refractivity contribution is -0.617. The molecule has 0 atom stereocenters. The summed E-state index contributed by atoms with van der Waals surface area (Å²) in [6, 6.07) is 18.4. The van der Waals surface area contributed by atoms with Crippen LogP contribution in [0.25, 0.3) is 21.8 Å². The largest absolute Gasteiger partial charge is 1.00 e. The highest BCUT2D eigenvalue weighted by atomic mass is 79.9. The number of hydrogen-bond acceptors (Lipinski definition) is 3. The summed E-state index contributed by atoms with van der Waals surface area (Å²) in [5.41, 5.74) is 3.72. The number of aryl methyl sites for hydroxylation is 3. The van der Waals surface area contributed by atoms with Crippen LogP contribution in [0.15, 0.2) is 60.7 Å². The first-order chi connectivity index (χ1) is 13.9. The zero-order valence-electron chi connectivity index (χ0n) is 16.8. The van der Waals surface area contributed by atoms with Gasteiger partial charge in [-0.25, -0.2) is 9.59 Å². The molecule has 0 aliphatic carbocycles. The maximum Gasteiger partial charge on any atom is 0.345 e. The van der Waals surface area contributed by atoms with Crippen LogP contribution in [0.4, 0.5) is 0 Å². The number of rotatable bonds is 3. The summed E-state index contributed by atoms with van der Waals surface area (Å²) >= 11 is 0. The van der Waals surface area contributed by atoms with Gasteiger partial charge < -0.3 is 26.8 Å². The summed E-state index contributed by atoms with van der Waals surface area (Å²) in [7, 11) is 1.97. The number of aromatic nitrogens is 1.